The Hall–Kier alpha value is -1.81. The lowest BCUT2D eigenvalue weighted by Crippen LogP contribution is -2.57. The van der Waals surface area contributed by atoms with Gasteiger partial charge in [-0.2, -0.15) is 17.0 Å². The summed E-state index contributed by atoms with van der Waals surface area (Å²) in [6, 6.07) is 5.74. The fourth-order valence-electron chi connectivity index (χ4n) is 4.20. The summed E-state index contributed by atoms with van der Waals surface area (Å²) >= 11 is 0. The van der Waals surface area contributed by atoms with Crippen molar-refractivity contribution in [1.29, 1.82) is 0 Å². The van der Waals surface area contributed by atoms with Gasteiger partial charge in [-0.1, -0.05) is 17.7 Å². The Labute approximate surface area is 185 Å². The molecule has 0 spiro atoms. The van der Waals surface area contributed by atoms with E-state index >= 15 is 0 Å². The topological polar surface area (TPSA) is 87.2 Å². The SMILES string of the molecule is Cc1ccc(C)c(C(=O)CCC(=O)N2CCN(S(=O)(=O)N3CC(C)OC(C)C3)CC2)c1. The van der Waals surface area contributed by atoms with Crippen LogP contribution in [0.1, 0.15) is 48.2 Å². The van der Waals surface area contributed by atoms with E-state index in [1.54, 1.807) is 4.90 Å². The number of carbonyl (C=O) groups is 2. The predicted octanol–water partition coefficient (Wildman–Crippen LogP) is 1.76. The van der Waals surface area contributed by atoms with E-state index in [2.05, 4.69) is 0 Å². The molecule has 2 fully saturated rings. The Morgan fingerprint density at radius 1 is 0.968 bits per heavy atom. The van der Waals surface area contributed by atoms with E-state index in [9.17, 15) is 18.0 Å². The third-order valence-electron chi connectivity index (χ3n) is 5.89. The highest BCUT2D eigenvalue weighted by molar-refractivity contribution is 7.86. The maximum Gasteiger partial charge on any atom is 0.282 e. The lowest BCUT2D eigenvalue weighted by Gasteiger charge is -2.40. The van der Waals surface area contributed by atoms with Gasteiger partial charge in [0.1, 0.15) is 0 Å². The molecule has 3 rings (SSSR count). The number of morpholine rings is 1. The van der Waals surface area contributed by atoms with Gasteiger partial charge >= 0.3 is 0 Å². The van der Waals surface area contributed by atoms with Crippen molar-refractivity contribution < 1.29 is 22.7 Å². The number of nitrogens with zero attached hydrogens (tertiary/aromatic N) is 3. The highest BCUT2D eigenvalue weighted by atomic mass is 32.2. The molecule has 2 unspecified atom stereocenters. The zero-order valence-electron chi connectivity index (χ0n) is 18.8. The number of benzene rings is 1. The molecule has 2 atom stereocenters. The first-order chi connectivity index (χ1) is 14.6. The second-order valence-corrected chi connectivity index (χ2v) is 10.5. The van der Waals surface area contributed by atoms with E-state index in [0.717, 1.165) is 11.1 Å². The van der Waals surface area contributed by atoms with Crippen molar-refractivity contribution in [2.45, 2.75) is 52.7 Å². The van der Waals surface area contributed by atoms with Gasteiger partial charge in [0.25, 0.3) is 10.2 Å². The fourth-order valence-corrected chi connectivity index (χ4v) is 5.95. The minimum atomic E-state index is -3.58. The molecule has 2 saturated heterocycles. The number of amides is 1. The molecule has 8 nitrogen and oxygen atoms in total. The summed E-state index contributed by atoms with van der Waals surface area (Å²) in [6.07, 6.45) is 0.00905. The molecule has 0 saturated carbocycles. The summed E-state index contributed by atoms with van der Waals surface area (Å²) in [6.45, 7) is 9.45. The molecule has 172 valence electrons. The summed E-state index contributed by atoms with van der Waals surface area (Å²) in [7, 11) is -3.58. The smallest absolute Gasteiger partial charge is 0.282 e. The lowest BCUT2D eigenvalue weighted by molar-refractivity contribution is -0.132. The van der Waals surface area contributed by atoms with Gasteiger partial charge in [0.05, 0.1) is 12.2 Å². The summed E-state index contributed by atoms with van der Waals surface area (Å²) in [5.74, 6) is -0.143. The van der Waals surface area contributed by atoms with Crippen LogP contribution in [-0.2, 0) is 19.7 Å². The highest BCUT2D eigenvalue weighted by Crippen LogP contribution is 2.20. The first kappa shape index (κ1) is 23.8. The first-order valence-corrected chi connectivity index (χ1v) is 12.3. The molecular weight excluding hydrogens is 418 g/mol. The Morgan fingerprint density at radius 2 is 1.58 bits per heavy atom. The number of ether oxygens (including phenoxy) is 1. The van der Waals surface area contributed by atoms with Gasteiger partial charge in [0, 0.05) is 57.7 Å². The van der Waals surface area contributed by atoms with E-state index in [-0.39, 0.29) is 49.8 Å². The van der Waals surface area contributed by atoms with Crippen molar-refractivity contribution in [2.24, 2.45) is 0 Å². The summed E-state index contributed by atoms with van der Waals surface area (Å²) in [4.78, 5) is 26.8. The molecule has 1 aromatic rings. The van der Waals surface area contributed by atoms with Crippen LogP contribution in [0.15, 0.2) is 18.2 Å². The number of ketones is 1. The Morgan fingerprint density at radius 3 is 2.19 bits per heavy atom. The highest BCUT2D eigenvalue weighted by Gasteiger charge is 2.37. The van der Waals surface area contributed by atoms with E-state index in [4.69, 9.17) is 4.74 Å². The molecular formula is C22H33N3O5S. The summed E-state index contributed by atoms with van der Waals surface area (Å²) < 4.78 is 34.5. The van der Waals surface area contributed by atoms with Gasteiger partial charge in [-0.15, -0.1) is 0 Å². The Balaban J connectivity index is 1.51. The largest absolute Gasteiger partial charge is 0.373 e. The monoisotopic (exact) mass is 451 g/mol. The molecule has 0 aliphatic carbocycles. The van der Waals surface area contributed by atoms with E-state index in [0.29, 0.717) is 31.7 Å². The van der Waals surface area contributed by atoms with E-state index < -0.39 is 10.2 Å². The van der Waals surface area contributed by atoms with Crippen molar-refractivity contribution in [1.82, 2.24) is 13.5 Å². The molecule has 2 heterocycles. The Bertz CT molecular complexity index is 915. The zero-order chi connectivity index (χ0) is 22.8. The normalized spacial score (nSPS) is 23.7. The number of Topliss-reactive ketones (excluding diaryl/α,β-unsaturated/α-hetero) is 1. The van der Waals surface area contributed by atoms with Gasteiger partial charge in [-0.25, -0.2) is 0 Å². The number of hydrogen-bond acceptors (Lipinski definition) is 5. The first-order valence-electron chi connectivity index (χ1n) is 10.9. The van der Waals surface area contributed by atoms with Gasteiger partial charge in [-0.3, -0.25) is 9.59 Å². The number of piperazine rings is 1. The third-order valence-corrected chi connectivity index (χ3v) is 7.86. The summed E-state index contributed by atoms with van der Waals surface area (Å²) in [5.41, 5.74) is 2.59. The summed E-state index contributed by atoms with van der Waals surface area (Å²) in [5, 5.41) is 0. The molecule has 0 radical (unpaired) electrons. The standard InChI is InChI=1S/C22H33N3O5S/c1-16-5-6-17(2)20(13-16)21(26)7-8-22(27)23-9-11-24(12-10-23)31(28,29)25-14-18(3)30-19(4)15-25/h5-6,13,18-19H,7-12,14-15H2,1-4H3. The van der Waals surface area contributed by atoms with Crippen LogP contribution in [0.4, 0.5) is 0 Å². The van der Waals surface area contributed by atoms with Crippen molar-refractivity contribution in [2.75, 3.05) is 39.3 Å². The minimum absolute atomic E-state index is 0.0358. The maximum atomic E-state index is 13.0. The van der Waals surface area contributed by atoms with Crippen LogP contribution < -0.4 is 0 Å². The van der Waals surface area contributed by atoms with Crippen LogP contribution in [0.25, 0.3) is 0 Å². The molecule has 0 aromatic heterocycles. The average molecular weight is 452 g/mol. The van der Waals surface area contributed by atoms with Gasteiger partial charge in [0.2, 0.25) is 5.91 Å². The second kappa shape index (κ2) is 9.77. The van der Waals surface area contributed by atoms with Crippen LogP contribution >= 0.6 is 0 Å². The number of rotatable bonds is 6. The van der Waals surface area contributed by atoms with Crippen molar-refractivity contribution in [3.8, 4) is 0 Å². The number of carbonyl (C=O) groups excluding carboxylic acids is 2. The minimum Gasteiger partial charge on any atom is -0.373 e. The van der Waals surface area contributed by atoms with Crippen LogP contribution in [0.5, 0.6) is 0 Å². The van der Waals surface area contributed by atoms with Crippen LogP contribution in [-0.4, -0.2) is 85.1 Å². The molecule has 31 heavy (non-hydrogen) atoms. The molecule has 9 heteroatoms. The molecule has 1 aromatic carbocycles. The second-order valence-electron chi connectivity index (χ2n) is 8.60. The predicted molar refractivity (Wildman–Crippen MR) is 118 cm³/mol. The van der Waals surface area contributed by atoms with Crippen LogP contribution in [0.2, 0.25) is 0 Å². The van der Waals surface area contributed by atoms with Gasteiger partial charge in [-0.05, 0) is 39.3 Å². The quantitative estimate of drug-likeness (QED) is 0.615. The van der Waals surface area contributed by atoms with E-state index in [1.165, 1.54) is 8.61 Å². The van der Waals surface area contributed by atoms with Crippen molar-refractivity contribution in [3.05, 3.63) is 34.9 Å². The number of hydrogen-bond donors (Lipinski definition) is 0. The van der Waals surface area contributed by atoms with Crippen LogP contribution in [0.3, 0.4) is 0 Å². The lowest BCUT2D eigenvalue weighted by atomic mass is 9.99. The third kappa shape index (κ3) is 5.71. The Kier molecular flexibility index (Phi) is 7.51. The van der Waals surface area contributed by atoms with Gasteiger partial charge < -0.3 is 9.64 Å². The van der Waals surface area contributed by atoms with Crippen molar-refractivity contribution in [3.63, 3.8) is 0 Å². The molecule has 2 aliphatic heterocycles. The van der Waals surface area contributed by atoms with Crippen LogP contribution in [0, 0.1) is 13.8 Å². The zero-order valence-corrected chi connectivity index (χ0v) is 19.7. The average Bonchev–Trinajstić information content (AvgIpc) is 2.73. The maximum absolute atomic E-state index is 13.0. The molecule has 0 bridgehead atoms. The molecule has 2 aliphatic rings. The van der Waals surface area contributed by atoms with E-state index in [1.807, 2.05) is 45.9 Å². The molecule has 0 N–H and O–H groups in total. The van der Waals surface area contributed by atoms with Gasteiger partial charge in [0.15, 0.2) is 5.78 Å². The number of aryl methyl sites for hydroxylation is 2. The fraction of sp³-hybridized carbons (Fsp3) is 0.636. The molecule has 1 amide bonds. The van der Waals surface area contributed by atoms with Crippen molar-refractivity contribution >= 4 is 21.9 Å².